The lowest BCUT2D eigenvalue weighted by Crippen LogP contribution is -2.38. The van der Waals surface area contributed by atoms with E-state index in [1.165, 1.54) is 26.3 Å². The van der Waals surface area contributed by atoms with Gasteiger partial charge in [-0.1, -0.05) is 0 Å². The van der Waals surface area contributed by atoms with E-state index in [4.69, 9.17) is 14.2 Å². The molecule has 1 aromatic rings. The van der Waals surface area contributed by atoms with Crippen molar-refractivity contribution >= 4 is 11.7 Å². The minimum Gasteiger partial charge on any atom is -0.394 e. The first-order chi connectivity index (χ1) is 11.0. The summed E-state index contributed by atoms with van der Waals surface area (Å²) in [6, 6.07) is 1.41. The molecule has 128 valence electrons. The molecule has 4 atom stereocenters. The van der Waals surface area contributed by atoms with Gasteiger partial charge < -0.3 is 29.7 Å². The molecule has 0 radical (unpaired) electrons. The first-order valence-electron chi connectivity index (χ1n) is 6.89. The van der Waals surface area contributed by atoms with Gasteiger partial charge in [-0.05, 0) is 6.07 Å². The Morgan fingerprint density at radius 2 is 2.30 bits per heavy atom. The molecule has 0 aromatic carbocycles. The quantitative estimate of drug-likeness (QED) is 0.534. The van der Waals surface area contributed by atoms with E-state index >= 15 is 0 Å². The highest BCUT2D eigenvalue weighted by atomic mass is 16.7. The van der Waals surface area contributed by atoms with Gasteiger partial charge in [-0.3, -0.25) is 9.36 Å². The fraction of sp³-hybridized carbons (Fsp3) is 0.615. The topological polar surface area (TPSA) is 132 Å². The van der Waals surface area contributed by atoms with Crippen LogP contribution >= 0.6 is 0 Å². The number of carbonyl (C=O) groups excluding carboxylic acids is 1. The van der Waals surface area contributed by atoms with Crippen molar-refractivity contribution in [2.24, 2.45) is 0 Å². The van der Waals surface area contributed by atoms with Crippen molar-refractivity contribution in [1.82, 2.24) is 9.55 Å². The SMILES string of the molecule is COCO[C@@H]1[C@H](O)[C@@H](CO)O[C@H]1n1ccc(NC(C)=O)nc1=O. The fourth-order valence-corrected chi connectivity index (χ4v) is 2.28. The van der Waals surface area contributed by atoms with Gasteiger partial charge in [0.05, 0.1) is 6.61 Å². The van der Waals surface area contributed by atoms with Gasteiger partial charge in [0.25, 0.3) is 0 Å². The molecule has 3 N–H and O–H groups in total. The Morgan fingerprint density at radius 3 is 2.87 bits per heavy atom. The van der Waals surface area contributed by atoms with Crippen LogP contribution in [0.2, 0.25) is 0 Å². The second kappa shape index (κ2) is 7.62. The number of nitrogens with zero attached hydrogens (tertiary/aromatic N) is 2. The molecule has 0 spiro atoms. The number of carbonyl (C=O) groups is 1. The van der Waals surface area contributed by atoms with Crippen LogP contribution in [-0.4, -0.2) is 64.5 Å². The van der Waals surface area contributed by atoms with Gasteiger partial charge in [0.15, 0.2) is 6.23 Å². The third-order valence-corrected chi connectivity index (χ3v) is 3.28. The summed E-state index contributed by atoms with van der Waals surface area (Å²) in [5, 5.41) is 21.7. The summed E-state index contributed by atoms with van der Waals surface area (Å²) in [5.41, 5.74) is -0.696. The van der Waals surface area contributed by atoms with E-state index in [9.17, 15) is 19.8 Å². The summed E-state index contributed by atoms with van der Waals surface area (Å²) in [6.45, 7) is 0.743. The minimum absolute atomic E-state index is 0.102. The normalized spacial score (nSPS) is 27.1. The molecule has 1 aliphatic rings. The highest BCUT2D eigenvalue weighted by Crippen LogP contribution is 2.30. The van der Waals surface area contributed by atoms with Crippen molar-refractivity contribution in [2.45, 2.75) is 31.5 Å². The van der Waals surface area contributed by atoms with E-state index in [2.05, 4.69) is 10.3 Å². The molecule has 2 heterocycles. The maximum absolute atomic E-state index is 12.1. The van der Waals surface area contributed by atoms with Gasteiger partial charge in [-0.2, -0.15) is 4.98 Å². The van der Waals surface area contributed by atoms with Crippen molar-refractivity contribution in [3.05, 3.63) is 22.7 Å². The molecular formula is C13H19N3O7. The van der Waals surface area contributed by atoms with E-state index in [-0.39, 0.29) is 18.5 Å². The van der Waals surface area contributed by atoms with Gasteiger partial charge in [-0.25, -0.2) is 4.79 Å². The molecule has 1 saturated heterocycles. The van der Waals surface area contributed by atoms with E-state index in [1.54, 1.807) is 0 Å². The molecule has 1 aliphatic heterocycles. The van der Waals surface area contributed by atoms with Crippen LogP contribution in [0.15, 0.2) is 17.1 Å². The summed E-state index contributed by atoms with van der Waals surface area (Å²) in [6.07, 6.45) is -2.58. The molecule has 0 unspecified atom stereocenters. The first kappa shape index (κ1) is 17.5. The molecule has 23 heavy (non-hydrogen) atoms. The molecule has 2 rings (SSSR count). The van der Waals surface area contributed by atoms with Gasteiger partial charge in [-0.15, -0.1) is 0 Å². The molecule has 10 nitrogen and oxygen atoms in total. The summed E-state index contributed by atoms with van der Waals surface area (Å²) >= 11 is 0. The van der Waals surface area contributed by atoms with Gasteiger partial charge in [0.1, 0.15) is 30.9 Å². The lowest BCUT2D eigenvalue weighted by molar-refractivity contribution is -0.129. The van der Waals surface area contributed by atoms with Crippen LogP contribution in [0.5, 0.6) is 0 Å². The van der Waals surface area contributed by atoms with Gasteiger partial charge >= 0.3 is 5.69 Å². The molecule has 10 heteroatoms. The van der Waals surface area contributed by atoms with Gasteiger partial charge in [0, 0.05) is 20.2 Å². The maximum Gasteiger partial charge on any atom is 0.351 e. The lowest BCUT2D eigenvalue weighted by Gasteiger charge is -2.21. The minimum atomic E-state index is -1.14. The van der Waals surface area contributed by atoms with E-state index < -0.39 is 36.8 Å². The zero-order valence-corrected chi connectivity index (χ0v) is 12.7. The molecule has 0 saturated carbocycles. The zero-order chi connectivity index (χ0) is 17.0. The van der Waals surface area contributed by atoms with Crippen molar-refractivity contribution in [3.8, 4) is 0 Å². The number of aliphatic hydroxyl groups excluding tert-OH is 2. The highest BCUT2D eigenvalue weighted by Gasteiger charge is 2.45. The molecule has 1 aromatic heterocycles. The second-order valence-electron chi connectivity index (χ2n) is 4.96. The molecule has 1 fully saturated rings. The molecule has 1 amide bonds. The van der Waals surface area contributed by atoms with Crippen LogP contribution in [0.4, 0.5) is 5.82 Å². The Kier molecular flexibility index (Phi) is 5.80. The Balaban J connectivity index is 2.27. The van der Waals surface area contributed by atoms with Crippen LogP contribution in [0.3, 0.4) is 0 Å². The third-order valence-electron chi connectivity index (χ3n) is 3.28. The number of rotatable bonds is 6. The Morgan fingerprint density at radius 1 is 1.57 bits per heavy atom. The Labute approximate surface area is 131 Å². The fourth-order valence-electron chi connectivity index (χ4n) is 2.28. The van der Waals surface area contributed by atoms with E-state index in [0.29, 0.717) is 0 Å². The van der Waals surface area contributed by atoms with Crippen molar-refractivity contribution in [2.75, 3.05) is 25.8 Å². The van der Waals surface area contributed by atoms with Crippen LogP contribution in [0.1, 0.15) is 13.2 Å². The highest BCUT2D eigenvalue weighted by molar-refractivity contribution is 5.87. The average molecular weight is 329 g/mol. The zero-order valence-electron chi connectivity index (χ0n) is 12.7. The number of nitrogens with one attached hydrogen (secondary N) is 1. The number of amides is 1. The number of ether oxygens (including phenoxy) is 3. The van der Waals surface area contributed by atoms with Crippen molar-refractivity contribution in [1.29, 1.82) is 0 Å². The van der Waals surface area contributed by atoms with E-state index in [1.807, 2.05) is 0 Å². The van der Waals surface area contributed by atoms with Gasteiger partial charge in [0.2, 0.25) is 5.91 Å². The molecular weight excluding hydrogens is 310 g/mol. The predicted octanol–water partition coefficient (Wildman–Crippen LogP) is -1.56. The summed E-state index contributed by atoms with van der Waals surface area (Å²) < 4.78 is 16.7. The summed E-state index contributed by atoms with van der Waals surface area (Å²) in [7, 11) is 1.41. The maximum atomic E-state index is 12.1. The number of methoxy groups -OCH3 is 1. The number of hydrogen-bond donors (Lipinski definition) is 3. The third kappa shape index (κ3) is 3.92. The Bertz CT molecular complexity index is 605. The number of aliphatic hydroxyl groups is 2. The van der Waals surface area contributed by atoms with Crippen molar-refractivity contribution in [3.63, 3.8) is 0 Å². The van der Waals surface area contributed by atoms with Crippen LogP contribution in [0.25, 0.3) is 0 Å². The lowest BCUT2D eigenvalue weighted by atomic mass is 10.1. The predicted molar refractivity (Wildman–Crippen MR) is 76.6 cm³/mol. The summed E-state index contributed by atoms with van der Waals surface area (Å²) in [4.78, 5) is 26.8. The average Bonchev–Trinajstić information content (AvgIpc) is 2.81. The number of anilines is 1. The van der Waals surface area contributed by atoms with Crippen LogP contribution in [0, 0.1) is 0 Å². The largest absolute Gasteiger partial charge is 0.394 e. The van der Waals surface area contributed by atoms with Crippen molar-refractivity contribution < 1.29 is 29.2 Å². The standard InChI is InChI=1S/C13H19N3O7/c1-7(18)14-9-3-4-16(13(20)15-9)12-11(22-6-21-2)10(19)8(5-17)23-12/h3-4,8,10-12,17,19H,5-6H2,1-2H3,(H,14,15,18,20)/t8-,10-,11-,12-/m1/s1. The van der Waals surface area contributed by atoms with Crippen LogP contribution < -0.4 is 11.0 Å². The number of aromatic nitrogens is 2. The number of hydrogen-bond acceptors (Lipinski definition) is 8. The van der Waals surface area contributed by atoms with E-state index in [0.717, 1.165) is 4.57 Å². The monoisotopic (exact) mass is 329 g/mol. The first-order valence-corrected chi connectivity index (χ1v) is 6.89. The molecule has 0 aliphatic carbocycles. The smallest absolute Gasteiger partial charge is 0.351 e. The van der Waals surface area contributed by atoms with Crippen LogP contribution in [-0.2, 0) is 19.0 Å². The molecule has 0 bridgehead atoms. The Hall–Kier alpha value is -1.85. The second-order valence-corrected chi connectivity index (χ2v) is 4.96. The summed E-state index contributed by atoms with van der Waals surface area (Å²) in [5.74, 6) is -0.255.